The number of hydrogen-bond acceptors (Lipinski definition) is 3. The van der Waals surface area contributed by atoms with Gasteiger partial charge in [-0.25, -0.2) is 0 Å². The van der Waals surface area contributed by atoms with E-state index in [1.807, 2.05) is 11.3 Å². The molecule has 2 nitrogen and oxygen atoms in total. The number of nitrogens with zero attached hydrogens (tertiary/aromatic N) is 1. The maximum atomic E-state index is 3.58. The first-order valence-electron chi connectivity index (χ1n) is 7.16. The van der Waals surface area contributed by atoms with Gasteiger partial charge in [-0.1, -0.05) is 13.0 Å². The first-order chi connectivity index (χ1) is 8.74. The summed E-state index contributed by atoms with van der Waals surface area (Å²) in [7, 11) is 2.28. The third-order valence-electron chi connectivity index (χ3n) is 4.24. The van der Waals surface area contributed by atoms with Crippen molar-refractivity contribution in [1.29, 1.82) is 0 Å². The van der Waals surface area contributed by atoms with Crippen LogP contribution in [0, 0.1) is 5.41 Å². The van der Waals surface area contributed by atoms with Crippen LogP contribution >= 0.6 is 11.3 Å². The fourth-order valence-electron chi connectivity index (χ4n) is 2.99. The molecule has 2 rings (SSSR count). The van der Waals surface area contributed by atoms with Gasteiger partial charge in [0.1, 0.15) is 0 Å². The van der Waals surface area contributed by atoms with E-state index < -0.39 is 0 Å². The molecule has 2 heterocycles. The van der Waals surface area contributed by atoms with E-state index in [0.29, 0.717) is 5.41 Å². The van der Waals surface area contributed by atoms with Gasteiger partial charge in [-0.3, -0.25) is 0 Å². The van der Waals surface area contributed by atoms with Gasteiger partial charge in [0.25, 0.3) is 0 Å². The standard InChI is InChI=1S/C15H26N2S/c1-3-15(8-5-9-16-12-15)13-17(2)10-7-14-6-4-11-18-14/h4,6,11,16H,3,5,7-10,12-13H2,1-2H3. The highest BCUT2D eigenvalue weighted by molar-refractivity contribution is 7.09. The number of piperidine rings is 1. The van der Waals surface area contributed by atoms with Gasteiger partial charge in [-0.2, -0.15) is 0 Å². The summed E-state index contributed by atoms with van der Waals surface area (Å²) in [6.07, 6.45) is 5.22. The Bertz CT molecular complexity index is 328. The number of nitrogens with one attached hydrogen (secondary N) is 1. The van der Waals surface area contributed by atoms with Crippen LogP contribution in [0.25, 0.3) is 0 Å². The van der Waals surface area contributed by atoms with Crippen molar-refractivity contribution in [2.24, 2.45) is 5.41 Å². The Morgan fingerprint density at radius 2 is 2.39 bits per heavy atom. The van der Waals surface area contributed by atoms with Crippen molar-refractivity contribution < 1.29 is 0 Å². The lowest BCUT2D eigenvalue weighted by atomic mass is 9.78. The largest absolute Gasteiger partial charge is 0.316 e. The zero-order chi connectivity index (χ0) is 12.8. The summed E-state index contributed by atoms with van der Waals surface area (Å²) < 4.78 is 0. The van der Waals surface area contributed by atoms with Crippen molar-refractivity contribution in [2.45, 2.75) is 32.6 Å². The van der Waals surface area contributed by atoms with E-state index in [0.717, 1.165) is 0 Å². The predicted octanol–water partition coefficient (Wildman–Crippen LogP) is 3.00. The SMILES string of the molecule is CCC1(CN(C)CCc2cccs2)CCCNC1. The van der Waals surface area contributed by atoms with E-state index in [1.54, 1.807) is 0 Å². The summed E-state index contributed by atoms with van der Waals surface area (Å²) in [6, 6.07) is 4.40. The highest BCUT2D eigenvalue weighted by atomic mass is 32.1. The monoisotopic (exact) mass is 266 g/mol. The van der Waals surface area contributed by atoms with Gasteiger partial charge in [-0.05, 0) is 56.1 Å². The molecule has 1 fully saturated rings. The number of rotatable bonds is 6. The van der Waals surface area contributed by atoms with Crippen LogP contribution in [0.5, 0.6) is 0 Å². The molecule has 0 amide bonds. The smallest absolute Gasteiger partial charge is 0.00579 e. The van der Waals surface area contributed by atoms with Crippen LogP contribution in [0.3, 0.4) is 0 Å². The molecule has 1 unspecified atom stereocenters. The lowest BCUT2D eigenvalue weighted by molar-refractivity contribution is 0.129. The Morgan fingerprint density at radius 3 is 3.00 bits per heavy atom. The van der Waals surface area contributed by atoms with Gasteiger partial charge in [0.2, 0.25) is 0 Å². The minimum atomic E-state index is 0.516. The van der Waals surface area contributed by atoms with Crippen molar-refractivity contribution in [3.63, 3.8) is 0 Å². The molecule has 1 saturated heterocycles. The van der Waals surface area contributed by atoms with Gasteiger partial charge >= 0.3 is 0 Å². The molecule has 18 heavy (non-hydrogen) atoms. The maximum Gasteiger partial charge on any atom is 0.00579 e. The lowest BCUT2D eigenvalue weighted by Crippen LogP contribution is -2.46. The summed E-state index contributed by atoms with van der Waals surface area (Å²) in [4.78, 5) is 4.03. The molecule has 1 aromatic heterocycles. The molecule has 0 bridgehead atoms. The highest BCUT2D eigenvalue weighted by Gasteiger charge is 2.31. The zero-order valence-electron chi connectivity index (χ0n) is 11.7. The summed E-state index contributed by atoms with van der Waals surface area (Å²) in [5.74, 6) is 0. The third-order valence-corrected chi connectivity index (χ3v) is 5.17. The Labute approximate surface area is 115 Å². The number of thiophene rings is 1. The molecule has 3 heteroatoms. The predicted molar refractivity (Wildman–Crippen MR) is 80.3 cm³/mol. The summed E-state index contributed by atoms with van der Waals surface area (Å²) in [5.41, 5.74) is 0.516. The lowest BCUT2D eigenvalue weighted by Gasteiger charge is -2.40. The zero-order valence-corrected chi connectivity index (χ0v) is 12.6. The van der Waals surface area contributed by atoms with Crippen molar-refractivity contribution in [1.82, 2.24) is 10.2 Å². The van der Waals surface area contributed by atoms with E-state index in [-0.39, 0.29) is 0 Å². The van der Waals surface area contributed by atoms with Crippen LogP contribution in [0.2, 0.25) is 0 Å². The second kappa shape index (κ2) is 6.69. The Balaban J connectivity index is 1.79. The molecule has 0 spiro atoms. The van der Waals surface area contributed by atoms with Crippen molar-refractivity contribution in [2.75, 3.05) is 33.2 Å². The Kier molecular flexibility index (Phi) is 5.22. The summed E-state index contributed by atoms with van der Waals surface area (Å²) >= 11 is 1.88. The van der Waals surface area contributed by atoms with E-state index in [2.05, 4.69) is 41.7 Å². The Morgan fingerprint density at radius 1 is 1.50 bits per heavy atom. The van der Waals surface area contributed by atoms with Crippen LogP contribution in [0.1, 0.15) is 31.1 Å². The van der Waals surface area contributed by atoms with E-state index in [4.69, 9.17) is 0 Å². The van der Waals surface area contributed by atoms with Crippen LogP contribution in [-0.4, -0.2) is 38.1 Å². The van der Waals surface area contributed by atoms with Crippen LogP contribution in [0.15, 0.2) is 17.5 Å². The molecule has 1 N–H and O–H groups in total. The number of hydrogen-bond donors (Lipinski definition) is 1. The third kappa shape index (κ3) is 3.81. The fourth-order valence-corrected chi connectivity index (χ4v) is 3.68. The van der Waals surface area contributed by atoms with Gasteiger partial charge in [0, 0.05) is 24.5 Å². The van der Waals surface area contributed by atoms with Gasteiger partial charge in [0.05, 0.1) is 0 Å². The molecule has 0 aliphatic carbocycles. The first kappa shape index (κ1) is 14.0. The molecule has 1 aliphatic heterocycles. The van der Waals surface area contributed by atoms with E-state index >= 15 is 0 Å². The second-order valence-electron chi connectivity index (χ2n) is 5.70. The first-order valence-corrected chi connectivity index (χ1v) is 8.04. The average molecular weight is 266 g/mol. The van der Waals surface area contributed by atoms with E-state index in [1.165, 1.54) is 56.7 Å². The molecule has 0 aromatic carbocycles. The number of likely N-dealkylation sites (N-methyl/N-ethyl adjacent to an activating group) is 1. The fraction of sp³-hybridized carbons (Fsp3) is 0.733. The normalized spacial score (nSPS) is 24.6. The summed E-state index contributed by atoms with van der Waals surface area (Å²) in [6.45, 7) is 7.18. The second-order valence-corrected chi connectivity index (χ2v) is 6.73. The van der Waals surface area contributed by atoms with Crippen molar-refractivity contribution in [3.05, 3.63) is 22.4 Å². The topological polar surface area (TPSA) is 15.3 Å². The summed E-state index contributed by atoms with van der Waals surface area (Å²) in [5, 5.41) is 5.75. The molecule has 102 valence electrons. The maximum absolute atomic E-state index is 3.58. The van der Waals surface area contributed by atoms with Crippen LogP contribution < -0.4 is 5.32 Å². The minimum Gasteiger partial charge on any atom is -0.316 e. The molecule has 0 saturated carbocycles. The van der Waals surface area contributed by atoms with E-state index in [9.17, 15) is 0 Å². The Hall–Kier alpha value is -0.380. The highest BCUT2D eigenvalue weighted by Crippen LogP contribution is 2.30. The molecule has 1 aromatic rings. The quantitative estimate of drug-likeness (QED) is 0.851. The van der Waals surface area contributed by atoms with Crippen LogP contribution in [-0.2, 0) is 6.42 Å². The van der Waals surface area contributed by atoms with Crippen molar-refractivity contribution in [3.8, 4) is 0 Å². The molecule has 1 aliphatic rings. The van der Waals surface area contributed by atoms with Gasteiger partial charge < -0.3 is 10.2 Å². The van der Waals surface area contributed by atoms with Crippen LogP contribution in [0.4, 0.5) is 0 Å². The average Bonchev–Trinajstić information content (AvgIpc) is 2.91. The van der Waals surface area contributed by atoms with Crippen molar-refractivity contribution >= 4 is 11.3 Å². The molecular formula is C15H26N2S. The molecule has 1 atom stereocenters. The molecule has 0 radical (unpaired) electrons. The van der Waals surface area contributed by atoms with Gasteiger partial charge in [-0.15, -0.1) is 11.3 Å². The molecular weight excluding hydrogens is 240 g/mol. The minimum absolute atomic E-state index is 0.516. The van der Waals surface area contributed by atoms with Gasteiger partial charge in [0.15, 0.2) is 0 Å².